The number of aromatic nitrogens is 2. The average molecular weight is 556 g/mol. The molecule has 2 aliphatic rings. The molecule has 1 amide bonds. The van der Waals surface area contributed by atoms with Gasteiger partial charge in [0.2, 0.25) is 11.9 Å². The molecule has 0 aliphatic carbocycles. The summed E-state index contributed by atoms with van der Waals surface area (Å²) in [5.74, 6) is 1.83. The van der Waals surface area contributed by atoms with Crippen LogP contribution < -0.4 is 14.7 Å². The van der Waals surface area contributed by atoms with Gasteiger partial charge in [-0.15, -0.1) is 0 Å². The molecule has 0 radical (unpaired) electrons. The van der Waals surface area contributed by atoms with Crippen molar-refractivity contribution in [3.05, 3.63) is 66.4 Å². The van der Waals surface area contributed by atoms with Gasteiger partial charge in [0.15, 0.2) is 0 Å². The van der Waals surface area contributed by atoms with E-state index < -0.39 is 0 Å². The van der Waals surface area contributed by atoms with Crippen LogP contribution in [0.1, 0.15) is 37.9 Å². The van der Waals surface area contributed by atoms with Crippen LogP contribution in [0.15, 0.2) is 55.1 Å². The van der Waals surface area contributed by atoms with Crippen molar-refractivity contribution in [3.8, 4) is 0 Å². The number of likely N-dealkylation sites (N-methyl/N-ethyl adjacent to an activating group) is 3. The summed E-state index contributed by atoms with van der Waals surface area (Å²) in [6.07, 6.45) is 4.62. The van der Waals surface area contributed by atoms with Gasteiger partial charge in [0.1, 0.15) is 5.82 Å². The standard InChI is InChI=1S/C33H45N7O/c1-6-31(41)37(7-2)21-22-38(8-3)32-28-18-20-39(30-17-11-14-25-13-9-10-16-27(25)30)24-29(28)34-33(35-32)40-19-12-15-26(23-40)36(4)5/h6,9-11,13-14,16-17,26H,1,7-8,12,15,18-24H2,2-5H3. The molecule has 8 heteroatoms. The Morgan fingerprint density at radius 3 is 2.59 bits per heavy atom. The highest BCUT2D eigenvalue weighted by molar-refractivity contribution is 5.94. The molecule has 1 aromatic heterocycles. The fraction of sp³-hybridized carbons (Fsp3) is 0.485. The normalized spacial score (nSPS) is 17.0. The molecule has 218 valence electrons. The minimum Gasteiger partial charge on any atom is -0.365 e. The zero-order chi connectivity index (χ0) is 28.9. The Morgan fingerprint density at radius 1 is 1.02 bits per heavy atom. The number of hydrogen-bond donors (Lipinski definition) is 0. The van der Waals surface area contributed by atoms with Gasteiger partial charge in [-0.3, -0.25) is 4.79 Å². The molecule has 0 bridgehead atoms. The highest BCUT2D eigenvalue weighted by Crippen LogP contribution is 2.34. The van der Waals surface area contributed by atoms with Crippen LogP contribution in [0.2, 0.25) is 0 Å². The Morgan fingerprint density at radius 2 is 1.83 bits per heavy atom. The van der Waals surface area contributed by atoms with Gasteiger partial charge < -0.3 is 24.5 Å². The molecule has 1 fully saturated rings. The lowest BCUT2D eigenvalue weighted by Crippen LogP contribution is -2.46. The number of piperidine rings is 1. The van der Waals surface area contributed by atoms with Crippen molar-refractivity contribution in [2.75, 3.05) is 74.6 Å². The second-order valence-corrected chi connectivity index (χ2v) is 11.3. The van der Waals surface area contributed by atoms with E-state index in [1.54, 1.807) is 0 Å². The molecule has 3 aromatic rings. The van der Waals surface area contributed by atoms with E-state index in [-0.39, 0.29) is 5.91 Å². The van der Waals surface area contributed by atoms with Crippen molar-refractivity contribution in [3.63, 3.8) is 0 Å². The maximum atomic E-state index is 12.4. The Bertz CT molecular complexity index is 1370. The molecule has 8 nitrogen and oxygen atoms in total. The van der Waals surface area contributed by atoms with Gasteiger partial charge in [0.05, 0.1) is 12.2 Å². The number of amides is 1. The first-order valence-corrected chi connectivity index (χ1v) is 15.1. The minimum atomic E-state index is -0.0252. The topological polar surface area (TPSA) is 59.1 Å². The molecule has 2 aromatic carbocycles. The second kappa shape index (κ2) is 12.9. The van der Waals surface area contributed by atoms with Crippen molar-refractivity contribution < 1.29 is 4.79 Å². The summed E-state index contributed by atoms with van der Waals surface area (Å²) in [5.41, 5.74) is 3.62. The third-order valence-electron chi connectivity index (χ3n) is 8.74. The van der Waals surface area contributed by atoms with Crippen molar-refractivity contribution in [2.45, 2.75) is 45.7 Å². The zero-order valence-electron chi connectivity index (χ0n) is 25.2. The highest BCUT2D eigenvalue weighted by Gasteiger charge is 2.29. The Labute approximate surface area is 245 Å². The third-order valence-corrected chi connectivity index (χ3v) is 8.74. The minimum absolute atomic E-state index is 0.0252. The number of carbonyl (C=O) groups is 1. The van der Waals surface area contributed by atoms with E-state index in [2.05, 4.69) is 89.7 Å². The lowest BCUT2D eigenvalue weighted by atomic mass is 10.0. The van der Waals surface area contributed by atoms with Crippen LogP contribution in [0.4, 0.5) is 17.5 Å². The maximum Gasteiger partial charge on any atom is 0.246 e. The van der Waals surface area contributed by atoms with Crippen molar-refractivity contribution >= 4 is 34.1 Å². The molecule has 2 aliphatic heterocycles. The molecule has 5 rings (SSSR count). The van der Waals surface area contributed by atoms with Crippen LogP contribution in [0, 0.1) is 0 Å². The molecule has 41 heavy (non-hydrogen) atoms. The molecule has 0 saturated carbocycles. The summed E-state index contributed by atoms with van der Waals surface area (Å²) in [4.78, 5) is 34.3. The number of nitrogens with zero attached hydrogens (tertiary/aromatic N) is 7. The first-order valence-electron chi connectivity index (χ1n) is 15.1. The van der Waals surface area contributed by atoms with Crippen molar-refractivity contribution in [2.24, 2.45) is 0 Å². The summed E-state index contributed by atoms with van der Waals surface area (Å²) < 4.78 is 0. The zero-order valence-corrected chi connectivity index (χ0v) is 25.2. The first kappa shape index (κ1) is 28.9. The predicted molar refractivity (Wildman–Crippen MR) is 170 cm³/mol. The molecule has 1 atom stereocenters. The molecular formula is C33H45N7O. The molecule has 1 saturated heterocycles. The number of benzene rings is 2. The van der Waals surface area contributed by atoms with Crippen LogP contribution in [-0.2, 0) is 17.8 Å². The Hall–Kier alpha value is -3.65. The van der Waals surface area contributed by atoms with Crippen LogP contribution in [0.3, 0.4) is 0 Å². The number of carbonyl (C=O) groups excluding carboxylic acids is 1. The summed E-state index contributed by atoms with van der Waals surface area (Å²) in [6.45, 7) is 14.3. The lowest BCUT2D eigenvalue weighted by molar-refractivity contribution is -0.125. The van der Waals surface area contributed by atoms with Gasteiger partial charge in [0, 0.05) is 68.5 Å². The smallest absolute Gasteiger partial charge is 0.246 e. The molecule has 0 spiro atoms. The first-order chi connectivity index (χ1) is 19.9. The largest absolute Gasteiger partial charge is 0.365 e. The Kier molecular flexibility index (Phi) is 9.08. The van der Waals surface area contributed by atoms with Crippen molar-refractivity contribution in [1.82, 2.24) is 19.8 Å². The van der Waals surface area contributed by atoms with Crippen molar-refractivity contribution in [1.29, 1.82) is 0 Å². The monoisotopic (exact) mass is 555 g/mol. The molecule has 3 heterocycles. The predicted octanol–water partition coefficient (Wildman–Crippen LogP) is 4.58. The number of anilines is 3. The third kappa shape index (κ3) is 6.17. The van der Waals surface area contributed by atoms with E-state index in [0.29, 0.717) is 19.1 Å². The molecular weight excluding hydrogens is 510 g/mol. The van der Waals surface area contributed by atoms with E-state index in [9.17, 15) is 4.79 Å². The van der Waals surface area contributed by atoms with Crippen LogP contribution in [0.5, 0.6) is 0 Å². The van der Waals surface area contributed by atoms with Gasteiger partial charge in [-0.05, 0) is 64.7 Å². The average Bonchev–Trinajstić information content (AvgIpc) is 3.02. The number of rotatable bonds is 10. The quantitative estimate of drug-likeness (QED) is 0.339. The van der Waals surface area contributed by atoms with E-state index in [1.165, 1.54) is 34.5 Å². The van der Waals surface area contributed by atoms with Crippen LogP contribution >= 0.6 is 0 Å². The van der Waals surface area contributed by atoms with E-state index in [1.807, 2.05) is 11.8 Å². The van der Waals surface area contributed by atoms with E-state index in [0.717, 1.165) is 69.6 Å². The van der Waals surface area contributed by atoms with Crippen LogP contribution in [-0.4, -0.2) is 91.6 Å². The fourth-order valence-corrected chi connectivity index (χ4v) is 6.26. The fourth-order valence-electron chi connectivity index (χ4n) is 6.26. The number of hydrogen-bond acceptors (Lipinski definition) is 7. The van der Waals surface area contributed by atoms with Gasteiger partial charge >= 0.3 is 0 Å². The lowest BCUT2D eigenvalue weighted by Gasteiger charge is -2.38. The highest BCUT2D eigenvalue weighted by atomic mass is 16.2. The molecule has 1 unspecified atom stereocenters. The maximum absolute atomic E-state index is 12.4. The summed E-state index contributed by atoms with van der Waals surface area (Å²) >= 11 is 0. The summed E-state index contributed by atoms with van der Waals surface area (Å²) in [5, 5.41) is 2.54. The summed E-state index contributed by atoms with van der Waals surface area (Å²) in [6, 6.07) is 15.7. The van der Waals surface area contributed by atoms with Gasteiger partial charge in [0.25, 0.3) is 0 Å². The van der Waals surface area contributed by atoms with Gasteiger partial charge in [-0.2, -0.15) is 4.98 Å². The second-order valence-electron chi connectivity index (χ2n) is 11.3. The van der Waals surface area contributed by atoms with Crippen LogP contribution in [0.25, 0.3) is 10.8 Å². The van der Waals surface area contributed by atoms with E-state index in [4.69, 9.17) is 9.97 Å². The SMILES string of the molecule is C=CC(=O)N(CC)CCN(CC)c1nc(N2CCCC(N(C)C)C2)nc2c1CCN(c1cccc3ccccc13)C2. The summed E-state index contributed by atoms with van der Waals surface area (Å²) in [7, 11) is 4.33. The van der Waals surface area contributed by atoms with Gasteiger partial charge in [-0.25, -0.2) is 4.98 Å². The van der Waals surface area contributed by atoms with Gasteiger partial charge in [-0.1, -0.05) is 43.0 Å². The Balaban J connectivity index is 1.51. The molecule has 0 N–H and O–H groups in total. The number of fused-ring (bicyclic) bond motifs is 2. The van der Waals surface area contributed by atoms with E-state index >= 15 is 0 Å².